The zero-order chi connectivity index (χ0) is 8.85. The predicted molar refractivity (Wildman–Crippen MR) is 50.2 cm³/mol. The summed E-state index contributed by atoms with van der Waals surface area (Å²) in [5, 5.41) is 0. The van der Waals surface area contributed by atoms with Crippen molar-refractivity contribution in [1.29, 1.82) is 0 Å². The summed E-state index contributed by atoms with van der Waals surface area (Å²) in [6.45, 7) is 4.00. The molecule has 4 heteroatoms. The molecule has 0 aliphatic heterocycles. The van der Waals surface area contributed by atoms with E-state index in [1.54, 1.807) is 12.3 Å². The number of hydrogen-bond acceptors (Lipinski definition) is 2. The lowest BCUT2D eigenvalue weighted by atomic mass is 10.5. The van der Waals surface area contributed by atoms with Gasteiger partial charge in [0.2, 0.25) is 0 Å². The lowest BCUT2D eigenvalue weighted by Crippen LogP contribution is -2.46. The van der Waals surface area contributed by atoms with Gasteiger partial charge in [-0.15, -0.1) is 4.68 Å². The summed E-state index contributed by atoms with van der Waals surface area (Å²) in [6, 6.07) is 3.56. The molecule has 0 amide bonds. The van der Waals surface area contributed by atoms with Gasteiger partial charge in [0.1, 0.15) is 6.20 Å². The Kier molecular flexibility index (Phi) is 4.61. The fourth-order valence-corrected chi connectivity index (χ4v) is 0.854. The van der Waals surface area contributed by atoms with Crippen molar-refractivity contribution < 1.29 is 4.68 Å². The molecule has 1 aromatic heterocycles. The Morgan fingerprint density at radius 2 is 1.91 bits per heavy atom. The molecule has 1 aromatic rings. The second-order valence-electron chi connectivity index (χ2n) is 1.68. The highest BCUT2D eigenvalue weighted by Crippen LogP contribution is 2.05. The highest BCUT2D eigenvalue weighted by Gasteiger charge is 1.97. The number of anilines is 1. The molecular weight excluding hydrogens is 206 g/mol. The molecule has 0 saturated heterocycles. The van der Waals surface area contributed by atoms with Gasteiger partial charge in [-0.2, -0.15) is 0 Å². The zero-order valence-corrected chi connectivity index (χ0v) is 8.30. The monoisotopic (exact) mass is 218 g/mol. The molecule has 62 valence electrons. The summed E-state index contributed by atoms with van der Waals surface area (Å²) in [4.78, 5) is 0. The second kappa shape index (κ2) is 4.96. The zero-order valence-electron chi connectivity index (χ0n) is 6.71. The van der Waals surface area contributed by atoms with E-state index in [4.69, 9.17) is 11.6 Å². The predicted octanol–water partition coefficient (Wildman–Crippen LogP) is 1.06. The minimum Gasteiger partial charge on any atom is -0.285 e. The van der Waals surface area contributed by atoms with Crippen LogP contribution in [0.15, 0.2) is 22.8 Å². The van der Waals surface area contributed by atoms with Crippen LogP contribution in [-0.4, -0.2) is 0 Å². The number of rotatable bonds is 0. The number of hydrogen-bond donors (Lipinski definition) is 2. The lowest BCUT2D eigenvalue weighted by Gasteiger charge is -1.92. The summed E-state index contributed by atoms with van der Waals surface area (Å²) >= 11 is 3.24. The number of nitrogens with two attached hydrogens (primary N) is 2. The van der Waals surface area contributed by atoms with Gasteiger partial charge in [0.25, 0.3) is 5.82 Å². The molecule has 0 aliphatic carbocycles. The van der Waals surface area contributed by atoms with Gasteiger partial charge in [-0.05, 0) is 22.0 Å². The normalized spacial score (nSPS) is 8.27. The van der Waals surface area contributed by atoms with Crippen LogP contribution in [0.3, 0.4) is 0 Å². The third-order valence-corrected chi connectivity index (χ3v) is 1.44. The van der Waals surface area contributed by atoms with E-state index in [0.29, 0.717) is 5.82 Å². The van der Waals surface area contributed by atoms with Gasteiger partial charge in [-0.3, -0.25) is 11.6 Å². The van der Waals surface area contributed by atoms with Crippen LogP contribution in [0.25, 0.3) is 0 Å². The van der Waals surface area contributed by atoms with E-state index < -0.39 is 0 Å². The van der Waals surface area contributed by atoms with Crippen LogP contribution in [-0.2, 0) is 0 Å². The minimum atomic E-state index is 0.540. The van der Waals surface area contributed by atoms with E-state index in [0.717, 1.165) is 4.47 Å². The third-order valence-electron chi connectivity index (χ3n) is 0.974. The maximum Gasteiger partial charge on any atom is 0.295 e. The van der Waals surface area contributed by atoms with Gasteiger partial charge in [0, 0.05) is 6.07 Å². The first-order valence-corrected chi connectivity index (χ1v) is 4.21. The Morgan fingerprint density at radius 1 is 1.36 bits per heavy atom. The first-order chi connectivity index (χ1) is 5.20. The molecule has 0 atom stereocenters. The topological polar surface area (TPSA) is 55.9 Å². The molecule has 0 aliphatic rings. The average Bonchev–Trinajstić information content (AvgIpc) is 2.02. The fourth-order valence-electron chi connectivity index (χ4n) is 0.501. The van der Waals surface area contributed by atoms with Crippen LogP contribution in [0.4, 0.5) is 5.82 Å². The van der Waals surface area contributed by atoms with Crippen LogP contribution in [0.2, 0.25) is 0 Å². The van der Waals surface area contributed by atoms with Crippen LogP contribution in [0.1, 0.15) is 13.8 Å². The van der Waals surface area contributed by atoms with Crippen LogP contribution < -0.4 is 16.3 Å². The number of halogens is 1. The third kappa shape index (κ3) is 3.23. The van der Waals surface area contributed by atoms with Crippen LogP contribution in [0, 0.1) is 0 Å². The van der Waals surface area contributed by atoms with E-state index in [-0.39, 0.29) is 0 Å². The SMILES string of the molecule is CC.Nc1ccc(Br)c[n+]1N. The number of pyridine rings is 1. The summed E-state index contributed by atoms with van der Waals surface area (Å²) < 4.78 is 2.27. The number of nitrogens with zero attached hydrogens (tertiary/aromatic N) is 1. The highest BCUT2D eigenvalue weighted by atomic mass is 79.9. The molecule has 1 rings (SSSR count). The Bertz CT molecular complexity index is 225. The quantitative estimate of drug-likeness (QED) is 0.506. The first kappa shape index (κ1) is 10.2. The summed E-state index contributed by atoms with van der Waals surface area (Å²) in [5.74, 6) is 5.92. The van der Waals surface area contributed by atoms with Gasteiger partial charge in [0.15, 0.2) is 0 Å². The van der Waals surface area contributed by atoms with Crippen LogP contribution in [0.5, 0.6) is 0 Å². The van der Waals surface area contributed by atoms with Crippen molar-refractivity contribution in [3.8, 4) is 0 Å². The molecule has 4 N–H and O–H groups in total. The van der Waals surface area contributed by atoms with Crippen molar-refractivity contribution in [2.24, 2.45) is 0 Å². The molecule has 0 spiro atoms. The summed E-state index contributed by atoms with van der Waals surface area (Å²) in [7, 11) is 0. The molecule has 0 saturated carbocycles. The van der Waals surface area contributed by atoms with Crippen molar-refractivity contribution in [2.75, 3.05) is 11.6 Å². The average molecular weight is 219 g/mol. The molecule has 0 aromatic carbocycles. The molecule has 0 unspecified atom stereocenters. The Morgan fingerprint density at radius 3 is 2.27 bits per heavy atom. The van der Waals surface area contributed by atoms with Crippen molar-refractivity contribution in [3.05, 3.63) is 22.8 Å². The van der Waals surface area contributed by atoms with Crippen molar-refractivity contribution in [1.82, 2.24) is 0 Å². The molecule has 0 radical (unpaired) electrons. The lowest BCUT2D eigenvalue weighted by molar-refractivity contribution is -0.624. The number of aromatic nitrogens is 1. The van der Waals surface area contributed by atoms with E-state index in [9.17, 15) is 0 Å². The van der Waals surface area contributed by atoms with Gasteiger partial charge < -0.3 is 0 Å². The molecular formula is C7H13BrN3+. The molecule has 0 fully saturated rings. The van der Waals surface area contributed by atoms with E-state index >= 15 is 0 Å². The second-order valence-corrected chi connectivity index (χ2v) is 2.60. The van der Waals surface area contributed by atoms with E-state index in [1.807, 2.05) is 19.9 Å². The maximum absolute atomic E-state index is 5.41. The molecule has 3 nitrogen and oxygen atoms in total. The first-order valence-electron chi connectivity index (χ1n) is 3.42. The van der Waals surface area contributed by atoms with Gasteiger partial charge >= 0.3 is 0 Å². The van der Waals surface area contributed by atoms with Crippen molar-refractivity contribution >= 4 is 21.7 Å². The smallest absolute Gasteiger partial charge is 0.285 e. The maximum atomic E-state index is 5.41. The van der Waals surface area contributed by atoms with Crippen molar-refractivity contribution in [2.45, 2.75) is 13.8 Å². The van der Waals surface area contributed by atoms with E-state index in [2.05, 4.69) is 15.9 Å². The van der Waals surface area contributed by atoms with E-state index in [1.165, 1.54) is 4.68 Å². The molecule has 1 heterocycles. The van der Waals surface area contributed by atoms with Gasteiger partial charge in [-0.1, -0.05) is 13.8 Å². The number of nitrogen functional groups attached to an aromatic ring is 2. The van der Waals surface area contributed by atoms with Crippen molar-refractivity contribution in [3.63, 3.8) is 0 Å². The molecule has 0 bridgehead atoms. The Labute approximate surface area is 75.1 Å². The Balaban J connectivity index is 0.000000461. The van der Waals surface area contributed by atoms with Gasteiger partial charge in [0.05, 0.1) is 4.47 Å². The Hall–Kier alpha value is -0.770. The summed E-state index contributed by atoms with van der Waals surface area (Å²) in [6.07, 6.45) is 1.69. The fraction of sp³-hybridized carbons (Fsp3) is 0.286. The highest BCUT2D eigenvalue weighted by molar-refractivity contribution is 9.10. The van der Waals surface area contributed by atoms with Crippen LogP contribution >= 0.6 is 15.9 Å². The van der Waals surface area contributed by atoms with Gasteiger partial charge in [-0.25, -0.2) is 0 Å². The largest absolute Gasteiger partial charge is 0.295 e. The molecule has 11 heavy (non-hydrogen) atoms. The summed E-state index contributed by atoms with van der Waals surface area (Å²) in [5.41, 5.74) is 5.41. The minimum absolute atomic E-state index is 0.540. The standard InChI is InChI=1S/C5H6BrN3.C2H6/c6-4-1-2-5(7)9(8)3-4;1-2/h1-3,7H,8H2;1-2H3/p+1.